The highest BCUT2D eigenvalue weighted by Crippen LogP contribution is 2.33. The average molecular weight is 281 g/mol. The lowest BCUT2D eigenvalue weighted by atomic mass is 10.1. The Morgan fingerprint density at radius 1 is 1.21 bits per heavy atom. The third-order valence-electron chi connectivity index (χ3n) is 2.55. The van der Waals surface area contributed by atoms with Gasteiger partial charge in [-0.25, -0.2) is 0 Å². The molecule has 2 aromatic rings. The second-order valence-electron chi connectivity index (χ2n) is 4.00. The number of rotatable bonds is 2. The number of anilines is 1. The van der Waals surface area contributed by atoms with Crippen molar-refractivity contribution in [3.05, 3.63) is 30.3 Å². The van der Waals surface area contributed by atoms with E-state index < -0.39 is 20.8 Å². The molecule has 0 radical (unpaired) electrons. The summed E-state index contributed by atoms with van der Waals surface area (Å²) in [6.07, 6.45) is 0. The second kappa shape index (κ2) is 4.52. The summed E-state index contributed by atoms with van der Waals surface area (Å²) in [4.78, 5) is 10.4. The molecule has 0 atom stereocenters. The van der Waals surface area contributed by atoms with E-state index in [1.165, 1.54) is 25.1 Å². The van der Waals surface area contributed by atoms with Gasteiger partial charge in [0, 0.05) is 18.0 Å². The van der Waals surface area contributed by atoms with Gasteiger partial charge in [0.05, 0.1) is 0 Å². The monoisotopic (exact) mass is 281 g/mol. The molecule has 0 fully saturated rings. The Bertz CT molecular complexity index is 767. The molecule has 7 heteroatoms. The van der Waals surface area contributed by atoms with Crippen LogP contribution in [0.25, 0.3) is 10.8 Å². The minimum Gasteiger partial charge on any atom is -0.506 e. The van der Waals surface area contributed by atoms with E-state index in [1.807, 2.05) is 0 Å². The zero-order valence-electron chi connectivity index (χ0n) is 9.91. The molecule has 0 spiro atoms. The van der Waals surface area contributed by atoms with E-state index in [0.717, 1.165) is 6.07 Å². The Labute approximate surface area is 109 Å². The van der Waals surface area contributed by atoms with Crippen LogP contribution in [0.2, 0.25) is 0 Å². The topological polar surface area (TPSA) is 104 Å². The van der Waals surface area contributed by atoms with Crippen LogP contribution in [0.5, 0.6) is 5.75 Å². The number of carbonyl (C=O) groups excluding carboxylic acids is 1. The van der Waals surface area contributed by atoms with E-state index in [2.05, 4.69) is 5.32 Å². The van der Waals surface area contributed by atoms with Crippen LogP contribution in [0.1, 0.15) is 6.92 Å². The van der Waals surface area contributed by atoms with Crippen LogP contribution in [0.4, 0.5) is 5.69 Å². The van der Waals surface area contributed by atoms with E-state index in [-0.39, 0.29) is 11.3 Å². The molecule has 0 aliphatic heterocycles. The Kier molecular flexibility index (Phi) is 3.17. The van der Waals surface area contributed by atoms with E-state index >= 15 is 0 Å². The Balaban J connectivity index is 2.63. The molecule has 0 aliphatic rings. The lowest BCUT2D eigenvalue weighted by Gasteiger charge is -2.08. The first-order chi connectivity index (χ1) is 8.79. The first-order valence-electron chi connectivity index (χ1n) is 5.30. The third kappa shape index (κ3) is 2.67. The second-order valence-corrected chi connectivity index (χ2v) is 5.39. The number of benzene rings is 2. The standard InChI is InChI=1S/C12H11NO5S/c1-7(14)13-9-3-4-10-8(6-9)2-5-11(12(10)15)19(16,17)18/h2-6,15H,1H3,(H,13,14)(H,16,17,18). The van der Waals surface area contributed by atoms with Gasteiger partial charge in [0.25, 0.3) is 10.1 Å². The van der Waals surface area contributed by atoms with Gasteiger partial charge in [-0.2, -0.15) is 8.42 Å². The van der Waals surface area contributed by atoms with Gasteiger partial charge in [0.2, 0.25) is 5.91 Å². The molecule has 0 bridgehead atoms. The molecular weight excluding hydrogens is 270 g/mol. The van der Waals surface area contributed by atoms with Gasteiger partial charge in [-0.1, -0.05) is 6.07 Å². The SMILES string of the molecule is CC(=O)Nc1ccc2c(O)c(S(=O)(=O)O)ccc2c1. The quantitative estimate of drug-likeness (QED) is 0.727. The molecule has 19 heavy (non-hydrogen) atoms. The molecule has 100 valence electrons. The number of phenolic OH excluding ortho intramolecular Hbond substituents is 1. The molecule has 0 saturated carbocycles. The van der Waals surface area contributed by atoms with Crippen LogP contribution in [-0.2, 0) is 14.9 Å². The van der Waals surface area contributed by atoms with Crippen molar-refractivity contribution in [2.24, 2.45) is 0 Å². The summed E-state index contributed by atoms with van der Waals surface area (Å²) in [5, 5.41) is 13.2. The van der Waals surface area contributed by atoms with E-state index in [0.29, 0.717) is 11.1 Å². The maximum Gasteiger partial charge on any atom is 0.298 e. The molecule has 1 amide bonds. The van der Waals surface area contributed by atoms with Gasteiger partial charge in [-0.15, -0.1) is 0 Å². The summed E-state index contributed by atoms with van der Waals surface area (Å²) in [5.41, 5.74) is 0.527. The van der Waals surface area contributed by atoms with Crippen LogP contribution in [-0.4, -0.2) is 24.0 Å². The van der Waals surface area contributed by atoms with Crippen molar-refractivity contribution in [3.63, 3.8) is 0 Å². The van der Waals surface area contributed by atoms with Crippen molar-refractivity contribution in [3.8, 4) is 5.75 Å². The van der Waals surface area contributed by atoms with Crippen molar-refractivity contribution in [2.45, 2.75) is 11.8 Å². The normalized spacial score (nSPS) is 11.5. The summed E-state index contributed by atoms with van der Waals surface area (Å²) in [6, 6.07) is 7.11. The number of nitrogens with one attached hydrogen (secondary N) is 1. The van der Waals surface area contributed by atoms with Gasteiger partial charge in [0.1, 0.15) is 10.6 Å². The Morgan fingerprint density at radius 2 is 1.89 bits per heavy atom. The van der Waals surface area contributed by atoms with Crippen LogP contribution < -0.4 is 5.32 Å². The molecule has 0 unspecified atom stereocenters. The first kappa shape index (κ1) is 13.3. The highest BCUT2D eigenvalue weighted by atomic mass is 32.2. The van der Waals surface area contributed by atoms with Gasteiger partial charge < -0.3 is 10.4 Å². The molecule has 0 saturated heterocycles. The molecule has 2 aromatic carbocycles. The van der Waals surface area contributed by atoms with E-state index in [1.54, 1.807) is 6.07 Å². The number of phenols is 1. The maximum atomic E-state index is 11.0. The minimum atomic E-state index is -4.47. The average Bonchev–Trinajstić information content (AvgIpc) is 2.26. The number of carbonyl (C=O) groups is 1. The van der Waals surface area contributed by atoms with Crippen molar-refractivity contribution < 1.29 is 22.9 Å². The van der Waals surface area contributed by atoms with Gasteiger partial charge >= 0.3 is 0 Å². The zero-order chi connectivity index (χ0) is 14.2. The molecular formula is C12H11NO5S. The summed E-state index contributed by atoms with van der Waals surface area (Å²) in [7, 11) is -4.47. The van der Waals surface area contributed by atoms with Crippen molar-refractivity contribution in [2.75, 3.05) is 5.32 Å². The van der Waals surface area contributed by atoms with Crippen LogP contribution >= 0.6 is 0 Å². The van der Waals surface area contributed by atoms with Gasteiger partial charge in [-0.3, -0.25) is 9.35 Å². The van der Waals surface area contributed by atoms with Gasteiger partial charge in [-0.05, 0) is 29.7 Å². The molecule has 6 nitrogen and oxygen atoms in total. The predicted molar refractivity (Wildman–Crippen MR) is 69.7 cm³/mol. The lowest BCUT2D eigenvalue weighted by molar-refractivity contribution is -0.114. The summed E-state index contributed by atoms with van der Waals surface area (Å²) < 4.78 is 31.1. The zero-order valence-corrected chi connectivity index (χ0v) is 10.7. The highest BCUT2D eigenvalue weighted by Gasteiger charge is 2.17. The Hall–Kier alpha value is -2.12. The fraction of sp³-hybridized carbons (Fsp3) is 0.0833. The minimum absolute atomic E-state index is 0.238. The maximum absolute atomic E-state index is 11.0. The highest BCUT2D eigenvalue weighted by molar-refractivity contribution is 7.86. The van der Waals surface area contributed by atoms with Crippen LogP contribution in [0.3, 0.4) is 0 Å². The number of aromatic hydroxyl groups is 1. The number of fused-ring (bicyclic) bond motifs is 1. The first-order valence-corrected chi connectivity index (χ1v) is 6.74. The summed E-state index contributed by atoms with van der Waals surface area (Å²) in [6.45, 7) is 1.36. The number of hydrogen-bond acceptors (Lipinski definition) is 4. The molecule has 0 aliphatic carbocycles. The van der Waals surface area contributed by atoms with Crippen LogP contribution in [0, 0.1) is 0 Å². The molecule has 2 rings (SSSR count). The van der Waals surface area contributed by atoms with Crippen molar-refractivity contribution in [1.82, 2.24) is 0 Å². The van der Waals surface area contributed by atoms with Crippen molar-refractivity contribution >= 4 is 32.5 Å². The fourth-order valence-electron chi connectivity index (χ4n) is 1.78. The third-order valence-corrected chi connectivity index (χ3v) is 3.44. The summed E-state index contributed by atoms with van der Waals surface area (Å²) >= 11 is 0. The molecule has 3 N–H and O–H groups in total. The van der Waals surface area contributed by atoms with Gasteiger partial charge in [0.15, 0.2) is 0 Å². The van der Waals surface area contributed by atoms with Crippen LogP contribution in [0.15, 0.2) is 35.2 Å². The summed E-state index contributed by atoms with van der Waals surface area (Å²) in [5.74, 6) is -0.757. The van der Waals surface area contributed by atoms with E-state index in [9.17, 15) is 18.3 Å². The largest absolute Gasteiger partial charge is 0.506 e. The van der Waals surface area contributed by atoms with E-state index in [4.69, 9.17) is 4.55 Å². The lowest BCUT2D eigenvalue weighted by Crippen LogP contribution is -2.05. The van der Waals surface area contributed by atoms with Crippen molar-refractivity contribution in [1.29, 1.82) is 0 Å². The molecule has 0 aromatic heterocycles. The molecule has 0 heterocycles. The smallest absolute Gasteiger partial charge is 0.298 e. The predicted octanol–water partition coefficient (Wildman–Crippen LogP) is 1.75. The number of amides is 1. The Morgan fingerprint density at radius 3 is 2.47 bits per heavy atom. The number of hydrogen-bond donors (Lipinski definition) is 3. The fourth-order valence-corrected chi connectivity index (χ4v) is 2.38.